The highest BCUT2D eigenvalue weighted by atomic mass is 19.1. The zero-order chi connectivity index (χ0) is 14.4. The van der Waals surface area contributed by atoms with E-state index in [1.165, 1.54) is 0 Å². The van der Waals surface area contributed by atoms with Crippen molar-refractivity contribution in [2.24, 2.45) is 0 Å². The number of amides is 1. The zero-order valence-corrected chi connectivity index (χ0v) is 11.6. The molecule has 0 aromatic carbocycles. The fourth-order valence-corrected chi connectivity index (χ4v) is 1.39. The molecule has 0 spiro atoms. The molecule has 0 saturated heterocycles. The van der Waals surface area contributed by atoms with E-state index < -0.39 is 11.9 Å². The minimum atomic E-state index is -0.592. The molecule has 0 aliphatic carbocycles. The fourth-order valence-electron chi connectivity index (χ4n) is 1.39. The number of nitrogens with zero attached hydrogens (tertiary/aromatic N) is 2. The van der Waals surface area contributed by atoms with Gasteiger partial charge < -0.3 is 16.0 Å². The molecule has 1 aromatic rings. The molecule has 0 aliphatic heterocycles. The van der Waals surface area contributed by atoms with Gasteiger partial charge in [-0.1, -0.05) is 0 Å². The predicted molar refractivity (Wildman–Crippen MR) is 72.5 cm³/mol. The van der Waals surface area contributed by atoms with E-state index in [4.69, 9.17) is 0 Å². The Labute approximate surface area is 112 Å². The molecule has 7 heteroatoms. The van der Waals surface area contributed by atoms with Crippen LogP contribution in [0.5, 0.6) is 0 Å². The number of hydrogen-bond donors (Lipinski definition) is 3. The van der Waals surface area contributed by atoms with E-state index in [1.54, 1.807) is 6.92 Å². The molecule has 6 nitrogen and oxygen atoms in total. The molecule has 0 bridgehead atoms. The second kappa shape index (κ2) is 6.86. The predicted octanol–water partition coefficient (Wildman–Crippen LogP) is 1.37. The molecule has 1 heterocycles. The van der Waals surface area contributed by atoms with Crippen LogP contribution in [0.25, 0.3) is 0 Å². The fraction of sp³-hybridized carbons (Fsp3) is 0.583. The lowest BCUT2D eigenvalue weighted by Crippen LogP contribution is -2.41. The minimum Gasteiger partial charge on any atom is -0.356 e. The van der Waals surface area contributed by atoms with Crippen LogP contribution in [0, 0.1) is 5.82 Å². The average molecular weight is 269 g/mol. The third kappa shape index (κ3) is 4.69. The maximum absolute atomic E-state index is 13.5. The zero-order valence-electron chi connectivity index (χ0n) is 11.6. The summed E-state index contributed by atoms with van der Waals surface area (Å²) in [5, 5.41) is 8.36. The van der Waals surface area contributed by atoms with Gasteiger partial charge in [0.25, 0.3) is 0 Å². The lowest BCUT2D eigenvalue weighted by Gasteiger charge is -2.17. The van der Waals surface area contributed by atoms with E-state index in [2.05, 4.69) is 25.9 Å². The Kier molecular flexibility index (Phi) is 5.47. The molecule has 1 amide bonds. The SMILES string of the molecule is CCNc1ncc(F)c(NC(C)C(=O)NC(C)C)n1. The Morgan fingerprint density at radius 3 is 2.68 bits per heavy atom. The Morgan fingerprint density at radius 1 is 1.42 bits per heavy atom. The monoisotopic (exact) mass is 269 g/mol. The first-order chi connectivity index (χ1) is 8.93. The Morgan fingerprint density at radius 2 is 2.11 bits per heavy atom. The highest BCUT2D eigenvalue weighted by Crippen LogP contribution is 2.12. The number of nitrogens with one attached hydrogen (secondary N) is 3. The summed E-state index contributed by atoms with van der Waals surface area (Å²) in [7, 11) is 0. The number of halogens is 1. The quantitative estimate of drug-likeness (QED) is 0.727. The maximum atomic E-state index is 13.5. The number of rotatable bonds is 6. The second-order valence-electron chi connectivity index (χ2n) is 4.45. The summed E-state index contributed by atoms with van der Waals surface area (Å²) in [4.78, 5) is 19.5. The highest BCUT2D eigenvalue weighted by molar-refractivity contribution is 5.84. The molecule has 0 aliphatic rings. The van der Waals surface area contributed by atoms with Gasteiger partial charge in [-0.2, -0.15) is 4.98 Å². The summed E-state index contributed by atoms with van der Waals surface area (Å²) < 4.78 is 13.5. The van der Waals surface area contributed by atoms with Crippen LogP contribution in [-0.2, 0) is 4.79 Å². The van der Waals surface area contributed by atoms with Gasteiger partial charge in [-0.15, -0.1) is 0 Å². The van der Waals surface area contributed by atoms with Crippen LogP contribution >= 0.6 is 0 Å². The van der Waals surface area contributed by atoms with Gasteiger partial charge in [0.2, 0.25) is 11.9 Å². The number of carbonyl (C=O) groups excluding carboxylic acids is 1. The first-order valence-electron chi connectivity index (χ1n) is 6.27. The molecule has 0 fully saturated rings. The van der Waals surface area contributed by atoms with E-state index in [9.17, 15) is 9.18 Å². The van der Waals surface area contributed by atoms with Gasteiger partial charge in [0, 0.05) is 12.6 Å². The molecule has 106 valence electrons. The second-order valence-corrected chi connectivity index (χ2v) is 4.45. The Balaban J connectivity index is 2.75. The topological polar surface area (TPSA) is 78.9 Å². The average Bonchev–Trinajstić information content (AvgIpc) is 2.32. The molecule has 19 heavy (non-hydrogen) atoms. The smallest absolute Gasteiger partial charge is 0.242 e. The van der Waals surface area contributed by atoms with Gasteiger partial charge in [0.15, 0.2) is 11.6 Å². The van der Waals surface area contributed by atoms with Crippen molar-refractivity contribution < 1.29 is 9.18 Å². The van der Waals surface area contributed by atoms with Gasteiger partial charge in [0.05, 0.1) is 6.20 Å². The van der Waals surface area contributed by atoms with Crippen molar-refractivity contribution in [2.75, 3.05) is 17.2 Å². The summed E-state index contributed by atoms with van der Waals surface area (Å²) in [6.45, 7) is 7.89. The summed E-state index contributed by atoms with van der Waals surface area (Å²) in [6, 6.07) is -0.550. The van der Waals surface area contributed by atoms with Crippen LogP contribution in [0.1, 0.15) is 27.7 Å². The molecule has 3 N–H and O–H groups in total. The summed E-state index contributed by atoms with van der Waals surface area (Å²) >= 11 is 0. The number of anilines is 2. The largest absolute Gasteiger partial charge is 0.356 e. The van der Waals surface area contributed by atoms with Gasteiger partial charge >= 0.3 is 0 Å². The van der Waals surface area contributed by atoms with Crippen molar-refractivity contribution in [2.45, 2.75) is 39.8 Å². The summed E-state index contributed by atoms with van der Waals surface area (Å²) in [6.07, 6.45) is 1.07. The third-order valence-electron chi connectivity index (χ3n) is 2.26. The molecule has 0 radical (unpaired) electrons. The molecular formula is C12H20FN5O. The van der Waals surface area contributed by atoms with Crippen molar-refractivity contribution in [1.29, 1.82) is 0 Å². The molecule has 0 saturated carbocycles. The molecule has 1 unspecified atom stereocenters. The van der Waals surface area contributed by atoms with Crippen LogP contribution < -0.4 is 16.0 Å². The van der Waals surface area contributed by atoms with E-state index in [0.717, 1.165) is 6.20 Å². The van der Waals surface area contributed by atoms with Gasteiger partial charge in [-0.05, 0) is 27.7 Å². The minimum absolute atomic E-state index is 0.0114. The first-order valence-corrected chi connectivity index (χ1v) is 6.27. The van der Waals surface area contributed by atoms with E-state index in [-0.39, 0.29) is 17.8 Å². The standard InChI is InChI=1S/C12H20FN5O/c1-5-14-12-15-6-9(13)10(18-12)17-8(4)11(19)16-7(2)3/h6-8H,5H2,1-4H3,(H,16,19)(H2,14,15,17,18). The molecule has 1 atom stereocenters. The van der Waals surface area contributed by atoms with Crippen molar-refractivity contribution >= 4 is 17.7 Å². The highest BCUT2D eigenvalue weighted by Gasteiger charge is 2.16. The van der Waals surface area contributed by atoms with E-state index in [0.29, 0.717) is 12.5 Å². The van der Waals surface area contributed by atoms with Gasteiger partial charge in [0.1, 0.15) is 6.04 Å². The molecule has 1 aromatic heterocycles. The lowest BCUT2D eigenvalue weighted by atomic mass is 10.3. The number of hydrogen-bond acceptors (Lipinski definition) is 5. The summed E-state index contributed by atoms with van der Waals surface area (Å²) in [5.74, 6) is -0.468. The van der Waals surface area contributed by atoms with Crippen molar-refractivity contribution in [3.05, 3.63) is 12.0 Å². The third-order valence-corrected chi connectivity index (χ3v) is 2.26. The molecule has 1 rings (SSSR count). The maximum Gasteiger partial charge on any atom is 0.242 e. The normalized spacial score (nSPS) is 12.1. The van der Waals surface area contributed by atoms with Crippen LogP contribution in [0.3, 0.4) is 0 Å². The summed E-state index contributed by atoms with van der Waals surface area (Å²) in [5.41, 5.74) is 0. The first kappa shape index (κ1) is 15.1. The Hall–Kier alpha value is -1.92. The lowest BCUT2D eigenvalue weighted by molar-refractivity contribution is -0.122. The van der Waals surface area contributed by atoms with E-state index in [1.807, 2.05) is 20.8 Å². The van der Waals surface area contributed by atoms with Gasteiger partial charge in [-0.25, -0.2) is 9.37 Å². The van der Waals surface area contributed by atoms with E-state index >= 15 is 0 Å². The van der Waals surface area contributed by atoms with Crippen LogP contribution in [0.2, 0.25) is 0 Å². The van der Waals surface area contributed by atoms with Crippen LogP contribution in [-0.4, -0.2) is 34.5 Å². The molecular weight excluding hydrogens is 249 g/mol. The van der Waals surface area contributed by atoms with Crippen molar-refractivity contribution in [3.8, 4) is 0 Å². The number of aromatic nitrogens is 2. The van der Waals surface area contributed by atoms with Crippen molar-refractivity contribution in [1.82, 2.24) is 15.3 Å². The Bertz CT molecular complexity index is 438. The van der Waals surface area contributed by atoms with Crippen molar-refractivity contribution in [3.63, 3.8) is 0 Å². The number of carbonyl (C=O) groups is 1. The van der Waals surface area contributed by atoms with Crippen LogP contribution in [0.4, 0.5) is 16.2 Å². The van der Waals surface area contributed by atoms with Crippen LogP contribution in [0.15, 0.2) is 6.20 Å². The van der Waals surface area contributed by atoms with Gasteiger partial charge in [-0.3, -0.25) is 4.79 Å².